The van der Waals surface area contributed by atoms with E-state index >= 15 is 0 Å². The third-order valence-electron chi connectivity index (χ3n) is 3.60. The summed E-state index contributed by atoms with van der Waals surface area (Å²) >= 11 is 0. The zero-order valence-corrected chi connectivity index (χ0v) is 11.4. The highest BCUT2D eigenvalue weighted by Gasteiger charge is 2.16. The molecule has 2 heterocycles. The fourth-order valence-corrected chi connectivity index (χ4v) is 2.45. The lowest BCUT2D eigenvalue weighted by atomic mass is 10.2. The molecule has 0 unspecified atom stereocenters. The lowest BCUT2D eigenvalue weighted by molar-refractivity contribution is 0.0946. The molecule has 0 radical (unpaired) electrons. The SMILES string of the molecule is O=C(NCc1ccc(F)cc1F)c1cn2c(n1)CCCC2. The summed E-state index contributed by atoms with van der Waals surface area (Å²) in [4.78, 5) is 16.3. The minimum atomic E-state index is -0.667. The van der Waals surface area contributed by atoms with Crippen LogP contribution in [0.2, 0.25) is 0 Å². The monoisotopic (exact) mass is 291 g/mol. The van der Waals surface area contributed by atoms with E-state index in [2.05, 4.69) is 10.3 Å². The van der Waals surface area contributed by atoms with Crippen molar-refractivity contribution in [2.75, 3.05) is 0 Å². The maximum atomic E-state index is 13.5. The van der Waals surface area contributed by atoms with Gasteiger partial charge in [-0.2, -0.15) is 0 Å². The Hall–Kier alpha value is -2.24. The van der Waals surface area contributed by atoms with Gasteiger partial charge in [-0.1, -0.05) is 6.07 Å². The Kier molecular flexibility index (Phi) is 3.68. The lowest BCUT2D eigenvalue weighted by Crippen LogP contribution is -2.23. The Bertz CT molecular complexity index is 658. The molecule has 0 aliphatic carbocycles. The maximum Gasteiger partial charge on any atom is 0.271 e. The van der Waals surface area contributed by atoms with Crippen LogP contribution in [0.25, 0.3) is 0 Å². The summed E-state index contributed by atoms with van der Waals surface area (Å²) in [5.74, 6) is -0.733. The van der Waals surface area contributed by atoms with E-state index in [0.29, 0.717) is 5.69 Å². The molecule has 0 saturated heterocycles. The van der Waals surface area contributed by atoms with Crippen LogP contribution in [0.5, 0.6) is 0 Å². The Morgan fingerprint density at radius 1 is 1.33 bits per heavy atom. The minimum absolute atomic E-state index is 0.00708. The van der Waals surface area contributed by atoms with Gasteiger partial charge in [0, 0.05) is 37.3 Å². The average Bonchev–Trinajstić information content (AvgIpc) is 2.90. The summed E-state index contributed by atoms with van der Waals surface area (Å²) < 4.78 is 28.3. The molecule has 1 amide bonds. The molecule has 0 spiro atoms. The van der Waals surface area contributed by atoms with Gasteiger partial charge in [-0.05, 0) is 18.9 Å². The third-order valence-corrected chi connectivity index (χ3v) is 3.60. The Labute approximate surface area is 120 Å². The minimum Gasteiger partial charge on any atom is -0.346 e. The summed E-state index contributed by atoms with van der Waals surface area (Å²) in [5, 5.41) is 2.61. The summed E-state index contributed by atoms with van der Waals surface area (Å²) in [6.07, 6.45) is 4.77. The first-order chi connectivity index (χ1) is 10.1. The molecule has 0 fully saturated rings. The van der Waals surface area contributed by atoms with Crippen molar-refractivity contribution in [1.82, 2.24) is 14.9 Å². The molecule has 1 N–H and O–H groups in total. The lowest BCUT2D eigenvalue weighted by Gasteiger charge is -2.11. The fourth-order valence-electron chi connectivity index (χ4n) is 2.45. The first-order valence-electron chi connectivity index (χ1n) is 6.91. The number of rotatable bonds is 3. The number of hydrogen-bond donors (Lipinski definition) is 1. The molecule has 6 heteroatoms. The van der Waals surface area contributed by atoms with Crippen LogP contribution in [-0.4, -0.2) is 15.5 Å². The van der Waals surface area contributed by atoms with E-state index in [4.69, 9.17) is 0 Å². The second-order valence-corrected chi connectivity index (χ2v) is 5.11. The standard InChI is InChI=1S/C15H15F2N3O/c16-11-5-4-10(12(17)7-11)8-18-15(21)13-9-20-6-2-1-3-14(20)19-13/h4-5,7,9H,1-3,6,8H2,(H,18,21). The number of aryl methyl sites for hydroxylation is 2. The van der Waals surface area contributed by atoms with Gasteiger partial charge >= 0.3 is 0 Å². The molecule has 1 aliphatic rings. The molecule has 3 rings (SSSR count). The van der Waals surface area contributed by atoms with Crippen LogP contribution in [0.15, 0.2) is 24.4 Å². The van der Waals surface area contributed by atoms with Crippen LogP contribution in [0.4, 0.5) is 8.78 Å². The molecule has 0 saturated carbocycles. The highest BCUT2D eigenvalue weighted by molar-refractivity contribution is 5.92. The van der Waals surface area contributed by atoms with Gasteiger partial charge in [0.1, 0.15) is 23.2 Å². The number of imidazole rings is 1. The molecule has 0 atom stereocenters. The van der Waals surface area contributed by atoms with Crippen molar-refractivity contribution in [3.8, 4) is 0 Å². The number of halogens is 2. The highest BCUT2D eigenvalue weighted by atomic mass is 19.1. The predicted octanol–water partition coefficient (Wildman–Crippen LogP) is 2.43. The maximum absolute atomic E-state index is 13.5. The van der Waals surface area contributed by atoms with Crippen molar-refractivity contribution in [2.45, 2.75) is 32.4 Å². The van der Waals surface area contributed by atoms with Gasteiger partial charge in [0.25, 0.3) is 5.91 Å². The van der Waals surface area contributed by atoms with Gasteiger partial charge in [-0.3, -0.25) is 4.79 Å². The quantitative estimate of drug-likeness (QED) is 0.944. The van der Waals surface area contributed by atoms with Gasteiger partial charge in [0.2, 0.25) is 0 Å². The smallest absolute Gasteiger partial charge is 0.271 e. The van der Waals surface area contributed by atoms with Crippen molar-refractivity contribution < 1.29 is 13.6 Å². The topological polar surface area (TPSA) is 46.9 Å². The molecule has 2 aromatic rings. The van der Waals surface area contributed by atoms with Crippen LogP contribution < -0.4 is 5.32 Å². The first kappa shape index (κ1) is 13.7. The molecular formula is C15H15F2N3O. The largest absolute Gasteiger partial charge is 0.346 e. The third kappa shape index (κ3) is 2.94. The number of aromatic nitrogens is 2. The van der Waals surface area contributed by atoms with Gasteiger partial charge in [0.15, 0.2) is 0 Å². The second kappa shape index (κ2) is 5.63. The van der Waals surface area contributed by atoms with E-state index in [9.17, 15) is 13.6 Å². The highest BCUT2D eigenvalue weighted by Crippen LogP contribution is 2.15. The summed E-state index contributed by atoms with van der Waals surface area (Å²) in [6.45, 7) is 0.884. The Balaban J connectivity index is 1.67. The van der Waals surface area contributed by atoms with Crippen molar-refractivity contribution in [3.63, 3.8) is 0 Å². The molecule has 21 heavy (non-hydrogen) atoms. The van der Waals surface area contributed by atoms with E-state index in [1.165, 1.54) is 12.1 Å². The number of hydrogen-bond acceptors (Lipinski definition) is 2. The van der Waals surface area contributed by atoms with Crippen molar-refractivity contribution in [2.24, 2.45) is 0 Å². The van der Waals surface area contributed by atoms with Crippen LogP contribution in [0.1, 0.15) is 34.7 Å². The molecule has 4 nitrogen and oxygen atoms in total. The number of benzene rings is 1. The van der Waals surface area contributed by atoms with Crippen molar-refractivity contribution >= 4 is 5.91 Å². The number of fused-ring (bicyclic) bond motifs is 1. The van der Waals surface area contributed by atoms with E-state index in [1.807, 2.05) is 4.57 Å². The van der Waals surface area contributed by atoms with Crippen LogP contribution in [0.3, 0.4) is 0 Å². The number of nitrogens with zero attached hydrogens (tertiary/aromatic N) is 2. The van der Waals surface area contributed by atoms with Crippen LogP contribution in [-0.2, 0) is 19.5 Å². The summed E-state index contributed by atoms with van der Waals surface area (Å²) in [6, 6.07) is 3.29. The van der Waals surface area contributed by atoms with Crippen LogP contribution >= 0.6 is 0 Å². The predicted molar refractivity (Wildman–Crippen MR) is 72.7 cm³/mol. The van der Waals surface area contributed by atoms with E-state index in [1.54, 1.807) is 6.20 Å². The molecule has 1 aromatic carbocycles. The number of nitrogens with one attached hydrogen (secondary N) is 1. The van der Waals surface area contributed by atoms with Gasteiger partial charge < -0.3 is 9.88 Å². The summed E-state index contributed by atoms with van der Waals surface area (Å²) in [7, 11) is 0. The number of amides is 1. The van der Waals surface area contributed by atoms with E-state index in [-0.39, 0.29) is 18.0 Å². The molecule has 1 aliphatic heterocycles. The second-order valence-electron chi connectivity index (χ2n) is 5.11. The van der Waals surface area contributed by atoms with Gasteiger partial charge in [-0.15, -0.1) is 0 Å². The van der Waals surface area contributed by atoms with E-state index in [0.717, 1.165) is 37.7 Å². The average molecular weight is 291 g/mol. The number of carbonyl (C=O) groups is 1. The molecular weight excluding hydrogens is 276 g/mol. The number of carbonyl (C=O) groups excluding carboxylic acids is 1. The Morgan fingerprint density at radius 2 is 2.19 bits per heavy atom. The Morgan fingerprint density at radius 3 is 2.95 bits per heavy atom. The van der Waals surface area contributed by atoms with Crippen molar-refractivity contribution in [3.05, 3.63) is 53.1 Å². The van der Waals surface area contributed by atoms with Gasteiger partial charge in [-0.25, -0.2) is 13.8 Å². The first-order valence-corrected chi connectivity index (χ1v) is 6.91. The van der Waals surface area contributed by atoms with Crippen LogP contribution in [0, 0.1) is 11.6 Å². The zero-order chi connectivity index (χ0) is 14.8. The normalized spacial score (nSPS) is 13.8. The molecule has 1 aromatic heterocycles. The zero-order valence-electron chi connectivity index (χ0n) is 11.4. The molecule has 0 bridgehead atoms. The summed E-state index contributed by atoms with van der Waals surface area (Å²) in [5.41, 5.74) is 0.586. The van der Waals surface area contributed by atoms with Gasteiger partial charge in [0.05, 0.1) is 0 Å². The van der Waals surface area contributed by atoms with Crippen molar-refractivity contribution in [1.29, 1.82) is 0 Å². The fraction of sp³-hybridized carbons (Fsp3) is 0.333. The van der Waals surface area contributed by atoms with E-state index < -0.39 is 11.6 Å². The molecule has 110 valence electrons.